The Morgan fingerprint density at radius 2 is 1.95 bits per heavy atom. The number of fused-ring (bicyclic) bond motifs is 3. The minimum absolute atomic E-state index is 0.00856. The Balaban J connectivity index is 1.11. The number of amides is 1. The van der Waals surface area contributed by atoms with Gasteiger partial charge in [0.15, 0.2) is 12.6 Å². The topological polar surface area (TPSA) is 115 Å². The molecule has 0 aromatic carbocycles. The second-order valence-corrected chi connectivity index (χ2v) is 10.9. The number of ether oxygens (including phenoxy) is 6. The van der Waals surface area contributed by atoms with Crippen LogP contribution in [0.1, 0.15) is 46.0 Å². The number of carbonyl (C=O) groups excluding carboxylic acids is 1. The molecule has 0 aromatic heterocycles. The van der Waals surface area contributed by atoms with E-state index >= 15 is 0 Å². The molecule has 5 saturated heterocycles. The van der Waals surface area contributed by atoms with Crippen molar-refractivity contribution in [3.63, 3.8) is 0 Å². The number of piperidine rings is 1. The van der Waals surface area contributed by atoms with Crippen molar-refractivity contribution in [1.29, 1.82) is 5.26 Å². The molecule has 11 nitrogen and oxygen atoms in total. The standard InChI is InChI=1S/C26H42N4O7/c1-4-22-34-20-15-33-26(25(24(20)35-22)36-23(5-2)37-26)16-29-8-6-18(7-9-29)28-12-21(31)30-13-17(14-32-3)10-19(30)11-27/h17-20,22-25,28H,4-10,12-16H2,1-3H3/t17?,19-,20+,22?,23?,24+,25-,26-/m0/s1. The van der Waals surface area contributed by atoms with E-state index in [4.69, 9.17) is 28.4 Å². The lowest BCUT2D eigenvalue weighted by atomic mass is 9.95. The SMILES string of the molecule is CCC1O[C@@H]2[C@@H](CO[C@@]3(CN4CCC(NCC(=O)N5CC(COC)C[C@H]5C#N)CC4)OC(CC)O[C@@H]23)O1. The molecule has 5 aliphatic heterocycles. The minimum Gasteiger partial charge on any atom is -0.384 e. The van der Waals surface area contributed by atoms with Crippen LogP contribution in [0.4, 0.5) is 0 Å². The maximum absolute atomic E-state index is 12.8. The van der Waals surface area contributed by atoms with Gasteiger partial charge in [0.1, 0.15) is 24.4 Å². The molecule has 3 unspecified atom stereocenters. The summed E-state index contributed by atoms with van der Waals surface area (Å²) < 4.78 is 36.4. The molecule has 5 aliphatic rings. The molecule has 0 saturated carbocycles. The Kier molecular flexibility index (Phi) is 8.68. The van der Waals surface area contributed by atoms with Crippen LogP contribution in [-0.4, -0.2) is 118 Å². The van der Waals surface area contributed by atoms with Gasteiger partial charge in [-0.3, -0.25) is 9.69 Å². The molecule has 0 spiro atoms. The van der Waals surface area contributed by atoms with Crippen molar-refractivity contribution >= 4 is 5.91 Å². The molecule has 1 N–H and O–H groups in total. The monoisotopic (exact) mass is 522 g/mol. The van der Waals surface area contributed by atoms with Crippen molar-refractivity contribution in [2.24, 2.45) is 5.92 Å². The largest absolute Gasteiger partial charge is 0.384 e. The maximum atomic E-state index is 12.8. The molecule has 37 heavy (non-hydrogen) atoms. The fourth-order valence-corrected chi connectivity index (χ4v) is 6.38. The van der Waals surface area contributed by atoms with Gasteiger partial charge in [-0.2, -0.15) is 5.26 Å². The number of carbonyl (C=O) groups is 1. The number of nitrogens with one attached hydrogen (secondary N) is 1. The zero-order valence-corrected chi connectivity index (χ0v) is 22.3. The van der Waals surface area contributed by atoms with Crippen LogP contribution < -0.4 is 5.32 Å². The quantitative estimate of drug-likeness (QED) is 0.467. The highest BCUT2D eigenvalue weighted by Crippen LogP contribution is 2.44. The van der Waals surface area contributed by atoms with E-state index in [0.717, 1.165) is 38.8 Å². The van der Waals surface area contributed by atoms with E-state index in [1.54, 1.807) is 12.0 Å². The fourth-order valence-electron chi connectivity index (χ4n) is 6.38. The average molecular weight is 523 g/mol. The van der Waals surface area contributed by atoms with E-state index in [1.807, 2.05) is 13.8 Å². The first-order chi connectivity index (χ1) is 18.0. The average Bonchev–Trinajstić information content (AvgIpc) is 3.62. The van der Waals surface area contributed by atoms with Crippen molar-refractivity contribution in [1.82, 2.24) is 15.1 Å². The number of rotatable bonds is 9. The maximum Gasteiger partial charge on any atom is 0.237 e. The highest BCUT2D eigenvalue weighted by Gasteiger charge is 2.62. The Morgan fingerprint density at radius 1 is 1.16 bits per heavy atom. The van der Waals surface area contributed by atoms with Crippen molar-refractivity contribution in [2.75, 3.05) is 53.0 Å². The molecule has 5 fully saturated rings. The van der Waals surface area contributed by atoms with Gasteiger partial charge in [0.2, 0.25) is 11.7 Å². The Bertz CT molecular complexity index is 834. The van der Waals surface area contributed by atoms with Crippen LogP contribution in [0.3, 0.4) is 0 Å². The summed E-state index contributed by atoms with van der Waals surface area (Å²) in [7, 11) is 1.66. The van der Waals surface area contributed by atoms with Crippen LogP contribution in [-0.2, 0) is 33.2 Å². The molecule has 5 rings (SSSR count). The van der Waals surface area contributed by atoms with E-state index in [-0.39, 0.29) is 61.3 Å². The van der Waals surface area contributed by atoms with Gasteiger partial charge in [0.05, 0.1) is 32.4 Å². The lowest BCUT2D eigenvalue weighted by Gasteiger charge is -2.44. The van der Waals surface area contributed by atoms with Crippen LogP contribution >= 0.6 is 0 Å². The summed E-state index contributed by atoms with van der Waals surface area (Å²) in [5.74, 6) is -0.638. The van der Waals surface area contributed by atoms with Crippen molar-refractivity contribution in [3.8, 4) is 6.07 Å². The van der Waals surface area contributed by atoms with Gasteiger partial charge in [-0.15, -0.1) is 0 Å². The van der Waals surface area contributed by atoms with Gasteiger partial charge in [-0.1, -0.05) is 13.8 Å². The molecule has 0 radical (unpaired) electrons. The molecule has 1 amide bonds. The fraction of sp³-hybridized carbons (Fsp3) is 0.923. The highest BCUT2D eigenvalue weighted by atomic mass is 16.9. The number of methoxy groups -OCH3 is 1. The normalized spacial score (nSPS) is 40.5. The smallest absolute Gasteiger partial charge is 0.237 e. The summed E-state index contributed by atoms with van der Waals surface area (Å²) in [5, 5.41) is 12.9. The van der Waals surface area contributed by atoms with Crippen LogP contribution in [0.25, 0.3) is 0 Å². The first-order valence-corrected chi connectivity index (χ1v) is 13.9. The molecule has 0 bridgehead atoms. The van der Waals surface area contributed by atoms with Crippen molar-refractivity contribution in [2.45, 2.75) is 94.7 Å². The van der Waals surface area contributed by atoms with Crippen molar-refractivity contribution in [3.05, 3.63) is 0 Å². The molecule has 8 atom stereocenters. The summed E-state index contributed by atoms with van der Waals surface area (Å²) in [6.07, 6.45) is 2.88. The molecule has 0 aliphatic carbocycles. The van der Waals surface area contributed by atoms with Gasteiger partial charge >= 0.3 is 0 Å². The van der Waals surface area contributed by atoms with Crippen LogP contribution in [0.5, 0.6) is 0 Å². The molecule has 0 aromatic rings. The third-order valence-corrected chi connectivity index (χ3v) is 8.35. The van der Waals surface area contributed by atoms with Crippen LogP contribution in [0.15, 0.2) is 0 Å². The predicted octanol–water partition coefficient (Wildman–Crippen LogP) is 0.826. The van der Waals surface area contributed by atoms with Crippen LogP contribution in [0, 0.1) is 17.2 Å². The third kappa shape index (κ3) is 5.68. The second kappa shape index (κ2) is 11.8. The molecule has 5 heterocycles. The minimum atomic E-state index is -0.856. The number of hydrogen-bond donors (Lipinski definition) is 1. The van der Waals surface area contributed by atoms with Gasteiger partial charge < -0.3 is 38.6 Å². The predicted molar refractivity (Wildman–Crippen MR) is 131 cm³/mol. The summed E-state index contributed by atoms with van der Waals surface area (Å²) >= 11 is 0. The second-order valence-electron chi connectivity index (χ2n) is 10.9. The summed E-state index contributed by atoms with van der Waals surface area (Å²) in [6.45, 7) is 8.30. The number of nitriles is 1. The lowest BCUT2D eigenvalue weighted by molar-refractivity contribution is -0.277. The van der Waals surface area contributed by atoms with Crippen molar-refractivity contribution < 1.29 is 33.2 Å². The Hall–Kier alpha value is -1.36. The van der Waals surface area contributed by atoms with E-state index in [0.29, 0.717) is 32.7 Å². The summed E-state index contributed by atoms with van der Waals surface area (Å²) in [4.78, 5) is 16.9. The molecule has 208 valence electrons. The molecular formula is C26H42N4O7. The molecule has 11 heteroatoms. The zero-order valence-electron chi connectivity index (χ0n) is 22.3. The number of nitrogens with zero attached hydrogens (tertiary/aromatic N) is 3. The number of hydrogen-bond acceptors (Lipinski definition) is 10. The van der Waals surface area contributed by atoms with Gasteiger partial charge in [0, 0.05) is 25.6 Å². The Morgan fingerprint density at radius 3 is 2.65 bits per heavy atom. The first kappa shape index (κ1) is 27.2. The van der Waals surface area contributed by atoms with E-state index < -0.39 is 5.79 Å². The van der Waals surface area contributed by atoms with E-state index in [1.165, 1.54) is 0 Å². The summed E-state index contributed by atoms with van der Waals surface area (Å²) in [6, 6.07) is 2.17. The number of likely N-dealkylation sites (tertiary alicyclic amines) is 2. The van der Waals surface area contributed by atoms with E-state index in [2.05, 4.69) is 16.3 Å². The van der Waals surface area contributed by atoms with Gasteiger partial charge in [0.25, 0.3) is 0 Å². The zero-order chi connectivity index (χ0) is 26.0. The lowest BCUT2D eigenvalue weighted by Crippen LogP contribution is -2.63. The van der Waals surface area contributed by atoms with E-state index in [9.17, 15) is 10.1 Å². The highest BCUT2D eigenvalue weighted by molar-refractivity contribution is 5.79. The Labute approximate surface area is 219 Å². The first-order valence-electron chi connectivity index (χ1n) is 13.9. The van der Waals surface area contributed by atoms with Gasteiger partial charge in [-0.25, -0.2) is 0 Å². The third-order valence-electron chi connectivity index (χ3n) is 8.35. The van der Waals surface area contributed by atoms with Crippen LogP contribution in [0.2, 0.25) is 0 Å². The van der Waals surface area contributed by atoms with Gasteiger partial charge in [-0.05, 0) is 45.2 Å². The molecular weight excluding hydrogens is 480 g/mol. The summed E-state index contributed by atoms with van der Waals surface area (Å²) in [5.41, 5.74) is 0.